The first-order valence-electron chi connectivity index (χ1n) is 14.1. The summed E-state index contributed by atoms with van der Waals surface area (Å²) in [5.74, 6) is -1.93. The van der Waals surface area contributed by atoms with E-state index < -0.39 is 24.6 Å². The third kappa shape index (κ3) is 7.32. The molecule has 220 valence electrons. The molecule has 4 rings (SSSR count). The van der Waals surface area contributed by atoms with Crippen molar-refractivity contribution in [2.75, 3.05) is 5.32 Å². The van der Waals surface area contributed by atoms with Crippen LogP contribution in [0.1, 0.15) is 60.6 Å². The molecule has 0 saturated heterocycles. The molecule has 0 radical (unpaired) electrons. The maximum Gasteiger partial charge on any atom is 0.305 e. The Morgan fingerprint density at radius 2 is 1.52 bits per heavy atom. The lowest BCUT2D eigenvalue weighted by Crippen LogP contribution is -2.22. The van der Waals surface area contributed by atoms with E-state index in [2.05, 4.69) is 5.32 Å². The lowest BCUT2D eigenvalue weighted by atomic mass is 9.94. The highest BCUT2D eigenvalue weighted by molar-refractivity contribution is 6.12. The Hall–Kier alpha value is -4.27. The highest BCUT2D eigenvalue weighted by Gasteiger charge is 2.31. The quantitative estimate of drug-likeness (QED) is 0.152. The van der Waals surface area contributed by atoms with E-state index in [0.29, 0.717) is 28.1 Å². The zero-order chi connectivity index (χ0) is 30.4. The summed E-state index contributed by atoms with van der Waals surface area (Å²) in [5.41, 5.74) is 5.85. The van der Waals surface area contributed by atoms with Gasteiger partial charge in [-0.25, -0.2) is 4.39 Å². The van der Waals surface area contributed by atoms with Crippen molar-refractivity contribution in [3.8, 4) is 22.4 Å². The Bertz CT molecular complexity index is 1510. The van der Waals surface area contributed by atoms with Gasteiger partial charge in [-0.3, -0.25) is 9.59 Å². The number of nitrogens with one attached hydrogen (secondary N) is 1. The second-order valence-corrected chi connectivity index (χ2v) is 10.9. The number of hydrogen-bond donors (Lipinski definition) is 4. The number of halogens is 1. The van der Waals surface area contributed by atoms with Crippen LogP contribution in [-0.4, -0.2) is 44.0 Å². The fraction of sp³-hybridized carbons (Fsp3) is 0.294. The maximum absolute atomic E-state index is 14.1. The number of hydrogen-bond acceptors (Lipinski definition) is 4. The molecule has 0 bridgehead atoms. The van der Waals surface area contributed by atoms with Gasteiger partial charge in [0.05, 0.1) is 29.9 Å². The second kappa shape index (κ2) is 13.6. The summed E-state index contributed by atoms with van der Waals surface area (Å²) in [6.07, 6.45) is -2.51. The molecule has 4 N–H and O–H groups in total. The lowest BCUT2D eigenvalue weighted by molar-refractivity contribution is -0.139. The average Bonchev–Trinajstić information content (AvgIpc) is 3.29. The van der Waals surface area contributed by atoms with Crippen molar-refractivity contribution in [3.05, 3.63) is 102 Å². The van der Waals surface area contributed by atoms with E-state index in [1.165, 1.54) is 12.1 Å². The monoisotopic (exact) mass is 572 g/mol. The number of aromatic nitrogens is 1. The van der Waals surface area contributed by atoms with Crippen LogP contribution in [0.15, 0.2) is 78.9 Å². The molecule has 0 fully saturated rings. The minimum Gasteiger partial charge on any atom is -0.481 e. The molecule has 0 unspecified atom stereocenters. The molecule has 0 aliphatic carbocycles. The van der Waals surface area contributed by atoms with Crippen molar-refractivity contribution in [1.82, 2.24) is 4.57 Å². The topological polar surface area (TPSA) is 112 Å². The molecule has 0 spiro atoms. The Kier molecular flexibility index (Phi) is 9.93. The molecule has 0 aliphatic rings. The number of carbonyl (C=O) groups is 2. The first-order chi connectivity index (χ1) is 20.0. The van der Waals surface area contributed by atoms with E-state index in [9.17, 15) is 24.2 Å². The number of carboxylic acid groups (broad SMARTS) is 1. The van der Waals surface area contributed by atoms with E-state index >= 15 is 0 Å². The smallest absolute Gasteiger partial charge is 0.305 e. The van der Waals surface area contributed by atoms with Gasteiger partial charge in [-0.15, -0.1) is 0 Å². The molecule has 4 aromatic rings. The number of carboxylic acids is 1. The standard InChI is InChI=1S/C34H37FN2O5/c1-21(2)32-31(34(42)36-26-15-9-22(3)10-16-26)30(23-7-5-4-6-8-23)33(24-11-13-25(35)14-12-24)37(32)18-17-27(38)19-28(39)20-29(40)41/h4-16,21,27-28,38-39H,17-20H2,1-3H3,(H,36,42)(H,40,41)/t27-,28-/m1/s1. The summed E-state index contributed by atoms with van der Waals surface area (Å²) in [5, 5.41) is 32.9. The van der Waals surface area contributed by atoms with Crippen LogP contribution in [0.5, 0.6) is 0 Å². The third-order valence-corrected chi connectivity index (χ3v) is 7.21. The number of anilines is 1. The fourth-order valence-corrected chi connectivity index (χ4v) is 5.32. The van der Waals surface area contributed by atoms with Gasteiger partial charge in [0.1, 0.15) is 5.82 Å². The fourth-order valence-electron chi connectivity index (χ4n) is 5.32. The molecule has 0 aliphatic heterocycles. The first kappa shape index (κ1) is 30.7. The van der Waals surface area contributed by atoms with Gasteiger partial charge in [0.15, 0.2) is 0 Å². The number of aryl methyl sites for hydroxylation is 1. The van der Waals surface area contributed by atoms with Crippen molar-refractivity contribution in [2.24, 2.45) is 0 Å². The van der Waals surface area contributed by atoms with Crippen molar-refractivity contribution in [1.29, 1.82) is 0 Å². The first-order valence-corrected chi connectivity index (χ1v) is 14.1. The van der Waals surface area contributed by atoms with Gasteiger partial charge in [-0.05, 0) is 73.2 Å². The number of aliphatic hydroxyl groups is 2. The van der Waals surface area contributed by atoms with Crippen molar-refractivity contribution >= 4 is 17.6 Å². The summed E-state index contributed by atoms with van der Waals surface area (Å²) < 4.78 is 16.0. The average molecular weight is 573 g/mol. The summed E-state index contributed by atoms with van der Waals surface area (Å²) in [6, 6.07) is 23.2. The van der Waals surface area contributed by atoms with Crippen molar-refractivity contribution < 1.29 is 29.3 Å². The molecule has 2 atom stereocenters. The normalized spacial score (nSPS) is 12.7. The molecule has 8 heteroatoms. The minimum absolute atomic E-state index is 0.0945. The van der Waals surface area contributed by atoms with Crippen LogP contribution >= 0.6 is 0 Å². The van der Waals surface area contributed by atoms with E-state index in [1.54, 1.807) is 12.1 Å². The number of aliphatic hydroxyl groups excluding tert-OH is 2. The Morgan fingerprint density at radius 1 is 0.881 bits per heavy atom. The van der Waals surface area contributed by atoms with Crippen molar-refractivity contribution in [2.45, 2.75) is 64.7 Å². The predicted octanol–water partition coefficient (Wildman–Crippen LogP) is 6.62. The van der Waals surface area contributed by atoms with E-state index in [-0.39, 0.29) is 37.0 Å². The Balaban J connectivity index is 1.89. The lowest BCUT2D eigenvalue weighted by Gasteiger charge is -2.20. The van der Waals surface area contributed by atoms with Gasteiger partial charge >= 0.3 is 5.97 Å². The zero-order valence-corrected chi connectivity index (χ0v) is 24.0. The predicted molar refractivity (Wildman–Crippen MR) is 162 cm³/mol. The van der Waals surface area contributed by atoms with Crippen LogP contribution in [0.4, 0.5) is 10.1 Å². The summed E-state index contributed by atoms with van der Waals surface area (Å²) in [7, 11) is 0. The van der Waals surface area contributed by atoms with Crippen LogP contribution in [0.2, 0.25) is 0 Å². The van der Waals surface area contributed by atoms with Crippen molar-refractivity contribution in [3.63, 3.8) is 0 Å². The summed E-state index contributed by atoms with van der Waals surface area (Å²) >= 11 is 0. The largest absolute Gasteiger partial charge is 0.481 e. The SMILES string of the molecule is Cc1ccc(NC(=O)c2c(-c3ccccc3)c(-c3ccc(F)cc3)n(CC[C@@H](O)C[C@@H](O)CC(=O)O)c2C(C)C)cc1. The number of carbonyl (C=O) groups excluding carboxylic acids is 1. The van der Waals surface area contributed by atoms with E-state index in [1.807, 2.05) is 79.9 Å². The molecule has 0 saturated carbocycles. The number of nitrogens with zero attached hydrogens (tertiary/aromatic N) is 1. The van der Waals surface area contributed by atoms with E-state index in [4.69, 9.17) is 5.11 Å². The van der Waals surface area contributed by atoms with Gasteiger partial charge in [-0.2, -0.15) is 0 Å². The van der Waals surface area contributed by atoms with Gasteiger partial charge in [0.2, 0.25) is 0 Å². The van der Waals surface area contributed by atoms with Gasteiger partial charge < -0.3 is 25.2 Å². The van der Waals surface area contributed by atoms with Crippen LogP contribution in [-0.2, 0) is 11.3 Å². The van der Waals surface area contributed by atoms with Gasteiger partial charge in [0.25, 0.3) is 5.91 Å². The highest BCUT2D eigenvalue weighted by Crippen LogP contribution is 2.42. The Morgan fingerprint density at radius 3 is 2.12 bits per heavy atom. The molecule has 1 aromatic heterocycles. The molecule has 42 heavy (non-hydrogen) atoms. The van der Waals surface area contributed by atoms with Gasteiger partial charge in [-0.1, -0.05) is 61.9 Å². The van der Waals surface area contributed by atoms with Gasteiger partial charge in [0, 0.05) is 23.5 Å². The van der Waals surface area contributed by atoms with Crippen LogP contribution in [0.3, 0.4) is 0 Å². The minimum atomic E-state index is -1.18. The molecule has 7 nitrogen and oxygen atoms in total. The number of amides is 1. The molecule has 3 aromatic carbocycles. The third-order valence-electron chi connectivity index (χ3n) is 7.21. The molecule has 1 heterocycles. The molecular formula is C34H37FN2O5. The van der Waals surface area contributed by atoms with Crippen LogP contribution in [0.25, 0.3) is 22.4 Å². The molecular weight excluding hydrogens is 535 g/mol. The number of benzene rings is 3. The Labute approximate surface area is 245 Å². The number of rotatable bonds is 12. The number of aliphatic carboxylic acids is 1. The second-order valence-electron chi connectivity index (χ2n) is 10.9. The van der Waals surface area contributed by atoms with E-state index in [0.717, 1.165) is 16.8 Å². The van der Waals surface area contributed by atoms with Crippen LogP contribution in [0, 0.1) is 12.7 Å². The van der Waals surface area contributed by atoms with Crippen LogP contribution < -0.4 is 5.32 Å². The zero-order valence-electron chi connectivity index (χ0n) is 24.0. The highest BCUT2D eigenvalue weighted by atomic mass is 19.1. The summed E-state index contributed by atoms with van der Waals surface area (Å²) in [6.45, 7) is 6.23. The molecule has 1 amide bonds. The summed E-state index contributed by atoms with van der Waals surface area (Å²) in [4.78, 5) is 25.1. The maximum atomic E-state index is 14.1.